The molecule has 1 rings (SSSR count). The smallest absolute Gasteiger partial charge is 0.119 e. The fourth-order valence-electron chi connectivity index (χ4n) is 2.18. The molecule has 0 fully saturated rings. The third-order valence-corrected chi connectivity index (χ3v) is 2.88. The van der Waals surface area contributed by atoms with Gasteiger partial charge in [-0.25, -0.2) is 0 Å². The molecule has 0 radical (unpaired) electrons. The highest BCUT2D eigenvalue weighted by molar-refractivity contribution is 5.68. The molecular formula is C15H23NO. The highest BCUT2D eigenvalue weighted by Gasteiger charge is 2.11. The summed E-state index contributed by atoms with van der Waals surface area (Å²) in [6.45, 7) is 5.41. The van der Waals surface area contributed by atoms with Crippen LogP contribution in [0, 0.1) is 5.92 Å². The van der Waals surface area contributed by atoms with Crippen molar-refractivity contribution in [2.24, 2.45) is 5.92 Å². The summed E-state index contributed by atoms with van der Waals surface area (Å²) in [6, 6.07) is 8.26. The second kappa shape index (κ2) is 6.45. The standard InChI is InChI=1S/C15H23NO/c1-6-15(12(2)11-16(3)4)13-8-7-9-14(10-13)17-5/h6-10,12H,11H2,1-5H3/b15-6+/t12-/m1/s1. The summed E-state index contributed by atoms with van der Waals surface area (Å²) in [5.74, 6) is 1.43. The van der Waals surface area contributed by atoms with Crippen molar-refractivity contribution in [3.8, 4) is 5.75 Å². The lowest BCUT2D eigenvalue weighted by Crippen LogP contribution is -2.20. The van der Waals surface area contributed by atoms with E-state index in [1.165, 1.54) is 11.1 Å². The van der Waals surface area contributed by atoms with Gasteiger partial charge in [-0.2, -0.15) is 0 Å². The summed E-state index contributed by atoms with van der Waals surface area (Å²) in [5.41, 5.74) is 2.62. The molecule has 0 bridgehead atoms. The van der Waals surface area contributed by atoms with Crippen LogP contribution >= 0.6 is 0 Å². The first kappa shape index (κ1) is 13.8. The molecule has 0 N–H and O–H groups in total. The molecule has 1 aromatic rings. The van der Waals surface area contributed by atoms with E-state index < -0.39 is 0 Å². The Hall–Kier alpha value is -1.28. The largest absolute Gasteiger partial charge is 0.497 e. The molecule has 0 heterocycles. The van der Waals surface area contributed by atoms with Gasteiger partial charge in [0.2, 0.25) is 0 Å². The lowest BCUT2D eigenvalue weighted by Gasteiger charge is -2.20. The van der Waals surface area contributed by atoms with Crippen molar-refractivity contribution in [1.29, 1.82) is 0 Å². The number of hydrogen-bond donors (Lipinski definition) is 0. The number of ether oxygens (including phenoxy) is 1. The minimum Gasteiger partial charge on any atom is -0.497 e. The molecule has 0 aliphatic heterocycles. The van der Waals surface area contributed by atoms with Crippen molar-refractivity contribution in [3.05, 3.63) is 35.9 Å². The van der Waals surface area contributed by atoms with Crippen molar-refractivity contribution >= 4 is 5.57 Å². The molecule has 0 unspecified atom stereocenters. The third kappa shape index (κ3) is 3.90. The fourth-order valence-corrected chi connectivity index (χ4v) is 2.18. The average Bonchev–Trinajstić information content (AvgIpc) is 2.29. The van der Waals surface area contributed by atoms with Crippen molar-refractivity contribution < 1.29 is 4.74 Å². The van der Waals surface area contributed by atoms with Gasteiger partial charge in [0.25, 0.3) is 0 Å². The number of benzene rings is 1. The van der Waals surface area contributed by atoms with Crippen LogP contribution in [0.2, 0.25) is 0 Å². The summed E-state index contributed by atoms with van der Waals surface area (Å²) < 4.78 is 5.27. The second-order valence-corrected chi connectivity index (χ2v) is 4.64. The van der Waals surface area contributed by atoms with Crippen LogP contribution in [0.1, 0.15) is 19.4 Å². The first-order valence-corrected chi connectivity index (χ1v) is 6.03. The van der Waals surface area contributed by atoms with Gasteiger partial charge in [0.1, 0.15) is 5.75 Å². The Labute approximate surface area is 105 Å². The van der Waals surface area contributed by atoms with Crippen molar-refractivity contribution in [3.63, 3.8) is 0 Å². The van der Waals surface area contributed by atoms with E-state index in [2.05, 4.69) is 51.1 Å². The van der Waals surface area contributed by atoms with Crippen LogP contribution in [0.15, 0.2) is 30.3 Å². The van der Waals surface area contributed by atoms with Crippen LogP contribution in [0.25, 0.3) is 5.57 Å². The molecule has 2 nitrogen and oxygen atoms in total. The molecule has 94 valence electrons. The Morgan fingerprint density at radius 2 is 2.12 bits per heavy atom. The second-order valence-electron chi connectivity index (χ2n) is 4.64. The summed E-state index contributed by atoms with van der Waals surface area (Å²) in [5, 5.41) is 0. The summed E-state index contributed by atoms with van der Waals surface area (Å²) >= 11 is 0. The van der Waals surface area contributed by atoms with E-state index in [-0.39, 0.29) is 0 Å². The normalized spacial score (nSPS) is 13.9. The predicted molar refractivity (Wildman–Crippen MR) is 74.4 cm³/mol. The maximum Gasteiger partial charge on any atom is 0.119 e. The molecular weight excluding hydrogens is 210 g/mol. The number of methoxy groups -OCH3 is 1. The van der Waals surface area contributed by atoms with Crippen LogP contribution < -0.4 is 4.74 Å². The minimum atomic E-state index is 0.516. The van der Waals surface area contributed by atoms with Gasteiger partial charge in [0.15, 0.2) is 0 Å². The fraction of sp³-hybridized carbons (Fsp3) is 0.467. The molecule has 0 spiro atoms. The zero-order chi connectivity index (χ0) is 12.8. The van der Waals surface area contributed by atoms with E-state index in [0.29, 0.717) is 5.92 Å². The van der Waals surface area contributed by atoms with E-state index in [1.54, 1.807) is 7.11 Å². The van der Waals surface area contributed by atoms with Crippen LogP contribution in [-0.4, -0.2) is 32.6 Å². The molecule has 2 heteroatoms. The Balaban J connectivity index is 2.93. The zero-order valence-corrected chi connectivity index (χ0v) is 11.5. The van der Waals surface area contributed by atoms with Crippen molar-refractivity contribution in [1.82, 2.24) is 4.90 Å². The Morgan fingerprint density at radius 3 is 2.65 bits per heavy atom. The van der Waals surface area contributed by atoms with E-state index in [1.807, 2.05) is 12.1 Å². The summed E-state index contributed by atoms with van der Waals surface area (Å²) in [6.07, 6.45) is 2.20. The van der Waals surface area contributed by atoms with Crippen LogP contribution in [0.5, 0.6) is 5.75 Å². The number of nitrogens with zero attached hydrogens (tertiary/aromatic N) is 1. The molecule has 0 saturated carbocycles. The maximum atomic E-state index is 5.27. The molecule has 1 atom stereocenters. The highest BCUT2D eigenvalue weighted by atomic mass is 16.5. The van der Waals surface area contributed by atoms with Gasteiger partial charge < -0.3 is 9.64 Å². The lowest BCUT2D eigenvalue weighted by atomic mass is 9.93. The van der Waals surface area contributed by atoms with E-state index in [0.717, 1.165) is 12.3 Å². The maximum absolute atomic E-state index is 5.27. The molecule has 0 aliphatic carbocycles. The Bertz CT molecular complexity index is 382. The van der Waals surface area contributed by atoms with Gasteiger partial charge >= 0.3 is 0 Å². The first-order valence-electron chi connectivity index (χ1n) is 6.03. The van der Waals surface area contributed by atoms with E-state index in [9.17, 15) is 0 Å². The van der Waals surface area contributed by atoms with Crippen LogP contribution in [-0.2, 0) is 0 Å². The van der Waals surface area contributed by atoms with Gasteiger partial charge in [-0.15, -0.1) is 0 Å². The zero-order valence-electron chi connectivity index (χ0n) is 11.5. The van der Waals surface area contributed by atoms with Crippen molar-refractivity contribution in [2.75, 3.05) is 27.7 Å². The minimum absolute atomic E-state index is 0.516. The SMILES string of the molecule is C/C=C(/c1cccc(OC)c1)[C@H](C)CN(C)C. The first-order chi connectivity index (χ1) is 8.08. The topological polar surface area (TPSA) is 12.5 Å². The summed E-state index contributed by atoms with van der Waals surface area (Å²) in [7, 11) is 5.92. The van der Waals surface area contributed by atoms with Crippen LogP contribution in [0.3, 0.4) is 0 Å². The number of hydrogen-bond acceptors (Lipinski definition) is 2. The summed E-state index contributed by atoms with van der Waals surface area (Å²) in [4.78, 5) is 2.22. The lowest BCUT2D eigenvalue weighted by molar-refractivity contribution is 0.375. The molecule has 0 amide bonds. The van der Waals surface area contributed by atoms with Gasteiger partial charge in [-0.05, 0) is 50.2 Å². The van der Waals surface area contributed by atoms with Gasteiger partial charge in [-0.3, -0.25) is 0 Å². The monoisotopic (exact) mass is 233 g/mol. The quantitative estimate of drug-likeness (QED) is 0.773. The van der Waals surface area contributed by atoms with Crippen LogP contribution in [0.4, 0.5) is 0 Å². The molecule has 17 heavy (non-hydrogen) atoms. The van der Waals surface area contributed by atoms with Gasteiger partial charge in [-0.1, -0.05) is 25.1 Å². The molecule has 0 saturated heterocycles. The Kier molecular flexibility index (Phi) is 5.23. The highest BCUT2D eigenvalue weighted by Crippen LogP contribution is 2.26. The predicted octanol–water partition coefficient (Wildman–Crippen LogP) is 3.30. The average molecular weight is 233 g/mol. The van der Waals surface area contributed by atoms with Crippen molar-refractivity contribution in [2.45, 2.75) is 13.8 Å². The number of rotatable bonds is 5. The molecule has 1 aromatic carbocycles. The molecule has 0 aromatic heterocycles. The molecule has 0 aliphatic rings. The third-order valence-electron chi connectivity index (χ3n) is 2.88. The van der Waals surface area contributed by atoms with Gasteiger partial charge in [0.05, 0.1) is 7.11 Å². The van der Waals surface area contributed by atoms with Gasteiger partial charge in [0, 0.05) is 6.54 Å². The van der Waals surface area contributed by atoms with E-state index in [4.69, 9.17) is 4.74 Å². The van der Waals surface area contributed by atoms with E-state index >= 15 is 0 Å². The Morgan fingerprint density at radius 1 is 1.41 bits per heavy atom. The number of allylic oxidation sites excluding steroid dienone is 1.